The quantitative estimate of drug-likeness (QED) is 0.730. The third kappa shape index (κ3) is 4.95. The molecule has 0 spiro atoms. The molecule has 7 heteroatoms. The second kappa shape index (κ2) is 9.09. The lowest BCUT2D eigenvalue weighted by Crippen LogP contribution is -2.30. The Labute approximate surface area is 174 Å². The van der Waals surface area contributed by atoms with Crippen LogP contribution >= 0.6 is 11.6 Å². The average molecular weight is 415 g/mol. The van der Waals surface area contributed by atoms with Crippen molar-refractivity contribution in [1.29, 1.82) is 0 Å². The van der Waals surface area contributed by atoms with Gasteiger partial charge in [-0.3, -0.25) is 14.4 Å². The SMILES string of the molecule is Cc1c(Cl)cccc1NC(=O)COC(=O)[C@H]1CC(=O)N([C@@H](C)c2ccccc2)C1. The molecule has 1 heterocycles. The van der Waals surface area contributed by atoms with E-state index in [1.165, 1.54) is 0 Å². The molecular formula is C22H23ClN2O4. The summed E-state index contributed by atoms with van der Waals surface area (Å²) in [7, 11) is 0. The third-order valence-corrected chi connectivity index (χ3v) is 5.54. The fraction of sp³-hybridized carbons (Fsp3) is 0.318. The maximum atomic E-state index is 12.4. The second-order valence-corrected chi connectivity index (χ2v) is 7.51. The van der Waals surface area contributed by atoms with Crippen molar-refractivity contribution in [2.75, 3.05) is 18.5 Å². The molecule has 0 radical (unpaired) electrons. The van der Waals surface area contributed by atoms with Crippen molar-refractivity contribution < 1.29 is 19.1 Å². The minimum Gasteiger partial charge on any atom is -0.455 e. The first-order valence-corrected chi connectivity index (χ1v) is 9.80. The van der Waals surface area contributed by atoms with Gasteiger partial charge in [0.2, 0.25) is 5.91 Å². The molecule has 3 rings (SSSR count). The van der Waals surface area contributed by atoms with Crippen molar-refractivity contribution in [2.24, 2.45) is 5.92 Å². The molecule has 152 valence electrons. The Balaban J connectivity index is 1.53. The Morgan fingerprint density at radius 1 is 1.21 bits per heavy atom. The Hall–Kier alpha value is -2.86. The van der Waals surface area contributed by atoms with E-state index in [1.54, 1.807) is 30.0 Å². The smallest absolute Gasteiger partial charge is 0.311 e. The van der Waals surface area contributed by atoms with E-state index in [0.717, 1.165) is 11.1 Å². The Kier molecular flexibility index (Phi) is 6.54. The van der Waals surface area contributed by atoms with Crippen LogP contribution in [-0.2, 0) is 19.1 Å². The average Bonchev–Trinajstić information content (AvgIpc) is 3.11. The number of ether oxygens (including phenoxy) is 1. The molecule has 29 heavy (non-hydrogen) atoms. The minimum atomic E-state index is -0.575. The number of nitrogens with zero attached hydrogens (tertiary/aromatic N) is 1. The van der Waals surface area contributed by atoms with Crippen LogP contribution < -0.4 is 5.32 Å². The van der Waals surface area contributed by atoms with Gasteiger partial charge in [0, 0.05) is 23.7 Å². The molecule has 0 bridgehead atoms. The number of carbonyl (C=O) groups excluding carboxylic acids is 3. The number of rotatable bonds is 6. The van der Waals surface area contributed by atoms with Crippen LogP contribution in [0.4, 0.5) is 5.69 Å². The van der Waals surface area contributed by atoms with Gasteiger partial charge in [-0.1, -0.05) is 48.0 Å². The maximum absolute atomic E-state index is 12.4. The highest BCUT2D eigenvalue weighted by atomic mass is 35.5. The van der Waals surface area contributed by atoms with Gasteiger partial charge in [-0.15, -0.1) is 0 Å². The van der Waals surface area contributed by atoms with Gasteiger partial charge in [0.15, 0.2) is 6.61 Å². The van der Waals surface area contributed by atoms with Crippen LogP contribution in [0.15, 0.2) is 48.5 Å². The van der Waals surface area contributed by atoms with Gasteiger partial charge in [0.05, 0.1) is 12.0 Å². The van der Waals surface area contributed by atoms with Crippen LogP contribution in [0, 0.1) is 12.8 Å². The van der Waals surface area contributed by atoms with E-state index in [9.17, 15) is 14.4 Å². The van der Waals surface area contributed by atoms with E-state index >= 15 is 0 Å². The fourth-order valence-corrected chi connectivity index (χ4v) is 3.53. The predicted molar refractivity (Wildman–Crippen MR) is 110 cm³/mol. The number of nitrogens with one attached hydrogen (secondary N) is 1. The highest BCUT2D eigenvalue weighted by molar-refractivity contribution is 6.31. The van der Waals surface area contributed by atoms with Gasteiger partial charge in [-0.25, -0.2) is 0 Å². The fourth-order valence-electron chi connectivity index (χ4n) is 3.36. The van der Waals surface area contributed by atoms with Crippen molar-refractivity contribution in [3.8, 4) is 0 Å². The van der Waals surface area contributed by atoms with Crippen LogP contribution in [0.1, 0.15) is 30.5 Å². The number of esters is 1. The van der Waals surface area contributed by atoms with Gasteiger partial charge in [-0.2, -0.15) is 0 Å². The molecule has 1 N–H and O–H groups in total. The lowest BCUT2D eigenvalue weighted by Gasteiger charge is -2.25. The number of halogens is 1. The zero-order chi connectivity index (χ0) is 21.0. The lowest BCUT2D eigenvalue weighted by atomic mass is 10.1. The molecule has 1 fully saturated rings. The molecule has 0 unspecified atom stereocenters. The molecule has 2 aromatic carbocycles. The summed E-state index contributed by atoms with van der Waals surface area (Å²) in [6, 6.07) is 14.7. The predicted octanol–water partition coefficient (Wildman–Crippen LogP) is 3.74. The van der Waals surface area contributed by atoms with Gasteiger partial charge in [0.25, 0.3) is 5.91 Å². The molecule has 1 aliphatic heterocycles. The van der Waals surface area contributed by atoms with Crippen molar-refractivity contribution in [3.63, 3.8) is 0 Å². The van der Waals surface area contributed by atoms with Crippen LogP contribution in [-0.4, -0.2) is 35.8 Å². The van der Waals surface area contributed by atoms with E-state index < -0.39 is 24.4 Å². The summed E-state index contributed by atoms with van der Waals surface area (Å²) >= 11 is 6.03. The zero-order valence-corrected chi connectivity index (χ0v) is 17.1. The monoisotopic (exact) mass is 414 g/mol. The summed E-state index contributed by atoms with van der Waals surface area (Å²) in [5, 5.41) is 3.22. The minimum absolute atomic E-state index is 0.0883. The van der Waals surface area contributed by atoms with E-state index in [0.29, 0.717) is 10.7 Å². The molecule has 2 amide bonds. The molecule has 1 saturated heterocycles. The third-order valence-electron chi connectivity index (χ3n) is 5.13. The molecule has 2 atom stereocenters. The van der Waals surface area contributed by atoms with Gasteiger partial charge in [-0.05, 0) is 37.1 Å². The summed E-state index contributed by atoms with van der Waals surface area (Å²) in [4.78, 5) is 38.5. The van der Waals surface area contributed by atoms with Crippen molar-refractivity contribution in [2.45, 2.75) is 26.3 Å². The molecule has 0 saturated carbocycles. The number of likely N-dealkylation sites (tertiary alicyclic amines) is 1. The molecular weight excluding hydrogens is 392 g/mol. The maximum Gasteiger partial charge on any atom is 0.311 e. The number of hydrogen-bond acceptors (Lipinski definition) is 4. The summed E-state index contributed by atoms with van der Waals surface area (Å²) in [6.45, 7) is 3.59. The molecule has 0 aromatic heterocycles. The van der Waals surface area contributed by atoms with E-state index in [1.807, 2.05) is 37.3 Å². The highest BCUT2D eigenvalue weighted by Crippen LogP contribution is 2.29. The number of anilines is 1. The summed E-state index contributed by atoms with van der Waals surface area (Å²) < 4.78 is 5.15. The van der Waals surface area contributed by atoms with E-state index in [2.05, 4.69) is 5.32 Å². The van der Waals surface area contributed by atoms with Crippen molar-refractivity contribution in [1.82, 2.24) is 4.90 Å². The largest absolute Gasteiger partial charge is 0.455 e. The topological polar surface area (TPSA) is 75.7 Å². The van der Waals surface area contributed by atoms with Crippen molar-refractivity contribution in [3.05, 3.63) is 64.7 Å². The van der Waals surface area contributed by atoms with Gasteiger partial charge < -0.3 is 15.0 Å². The Bertz CT molecular complexity index is 916. The number of benzene rings is 2. The van der Waals surface area contributed by atoms with Gasteiger partial charge >= 0.3 is 5.97 Å². The molecule has 1 aliphatic rings. The molecule has 2 aromatic rings. The summed E-state index contributed by atoms with van der Waals surface area (Å²) in [6.07, 6.45) is 0.0883. The highest BCUT2D eigenvalue weighted by Gasteiger charge is 2.38. The number of hydrogen-bond donors (Lipinski definition) is 1. The first kappa shape index (κ1) is 20.9. The second-order valence-electron chi connectivity index (χ2n) is 7.10. The first-order chi connectivity index (χ1) is 13.9. The lowest BCUT2D eigenvalue weighted by molar-refractivity contribution is -0.151. The number of amides is 2. The Morgan fingerprint density at radius 3 is 2.66 bits per heavy atom. The Morgan fingerprint density at radius 2 is 1.93 bits per heavy atom. The van der Waals surface area contributed by atoms with Crippen LogP contribution in [0.25, 0.3) is 0 Å². The van der Waals surface area contributed by atoms with Crippen LogP contribution in [0.3, 0.4) is 0 Å². The molecule has 0 aliphatic carbocycles. The van der Waals surface area contributed by atoms with Crippen LogP contribution in [0.5, 0.6) is 0 Å². The summed E-state index contributed by atoms with van der Waals surface area (Å²) in [5.74, 6) is -1.67. The standard InChI is InChI=1S/C22H23ClN2O4/c1-14-18(23)9-6-10-19(14)24-20(26)13-29-22(28)17-11-21(27)25(12-17)15(2)16-7-4-3-5-8-16/h3-10,15,17H,11-13H2,1-2H3,(H,24,26)/t15-,17-/m0/s1. The molecule has 6 nitrogen and oxygen atoms in total. The van der Waals surface area contributed by atoms with Crippen LogP contribution in [0.2, 0.25) is 5.02 Å². The zero-order valence-electron chi connectivity index (χ0n) is 16.4. The van der Waals surface area contributed by atoms with E-state index in [-0.39, 0.29) is 24.9 Å². The normalized spacial score (nSPS) is 17.1. The van der Waals surface area contributed by atoms with Crippen molar-refractivity contribution >= 4 is 35.1 Å². The number of carbonyl (C=O) groups is 3. The first-order valence-electron chi connectivity index (χ1n) is 9.43. The van der Waals surface area contributed by atoms with E-state index in [4.69, 9.17) is 16.3 Å². The summed E-state index contributed by atoms with van der Waals surface area (Å²) in [5.41, 5.74) is 2.31. The van der Waals surface area contributed by atoms with Gasteiger partial charge in [0.1, 0.15) is 0 Å².